The van der Waals surface area contributed by atoms with E-state index >= 15 is 0 Å². The molecule has 45 heavy (non-hydrogen) atoms. The number of methoxy groups -OCH3 is 1. The smallest absolute Gasteiger partial charge is 0.407 e. The number of aryl methyl sites for hydroxylation is 2. The number of fused-ring (bicyclic) bond motifs is 4. The monoisotopic (exact) mass is 635 g/mol. The van der Waals surface area contributed by atoms with Crippen LogP contribution in [0.1, 0.15) is 61.5 Å². The summed E-state index contributed by atoms with van der Waals surface area (Å²) in [5.74, 6) is -0.0840. The van der Waals surface area contributed by atoms with Gasteiger partial charge in [0.05, 0.1) is 23.7 Å². The molecule has 4 bridgehead atoms. The summed E-state index contributed by atoms with van der Waals surface area (Å²) in [4.78, 5) is 36.7. The van der Waals surface area contributed by atoms with Crippen molar-refractivity contribution in [1.82, 2.24) is 20.2 Å². The zero-order valence-corrected chi connectivity index (χ0v) is 27.4. The summed E-state index contributed by atoms with van der Waals surface area (Å²) in [6, 6.07) is 13.2. The molecular formula is C33H41N5O6S. The Morgan fingerprint density at radius 3 is 2.44 bits per heavy atom. The fourth-order valence-corrected chi connectivity index (χ4v) is 7.07. The van der Waals surface area contributed by atoms with Crippen molar-refractivity contribution in [3.63, 3.8) is 0 Å². The van der Waals surface area contributed by atoms with Crippen molar-refractivity contribution in [3.8, 4) is 17.1 Å². The first kappa shape index (κ1) is 32.2. The Bertz CT molecular complexity index is 1680. The third-order valence-corrected chi connectivity index (χ3v) is 9.55. The number of anilines is 1. The summed E-state index contributed by atoms with van der Waals surface area (Å²) in [7, 11) is -2.82. The second kappa shape index (κ2) is 12.7. The van der Waals surface area contributed by atoms with E-state index in [9.17, 15) is 18.0 Å². The largest absolute Gasteiger partial charge is 0.475 e. The third kappa shape index (κ3) is 7.55. The van der Waals surface area contributed by atoms with E-state index < -0.39 is 16.1 Å². The van der Waals surface area contributed by atoms with Gasteiger partial charge >= 0.3 is 6.09 Å². The molecule has 2 aromatic carbocycles. The van der Waals surface area contributed by atoms with E-state index in [2.05, 4.69) is 40.8 Å². The number of rotatable bonds is 5. The minimum atomic E-state index is -4.15. The Hall–Kier alpha value is -4.19. The number of carbonyl (C=O) groups excluding carboxylic acids is 2. The number of hydrogen-bond donors (Lipinski definition) is 2. The van der Waals surface area contributed by atoms with E-state index in [0.717, 1.165) is 16.7 Å². The molecule has 12 heteroatoms. The van der Waals surface area contributed by atoms with Crippen LogP contribution >= 0.6 is 0 Å². The van der Waals surface area contributed by atoms with Gasteiger partial charge in [-0.1, -0.05) is 45.0 Å². The van der Waals surface area contributed by atoms with Gasteiger partial charge in [0, 0.05) is 29.8 Å². The number of carbonyl (C=O) groups is 2. The number of aromatic nitrogens is 2. The molecule has 1 aromatic heterocycles. The average Bonchev–Trinajstić information content (AvgIpc) is 2.95. The highest BCUT2D eigenvalue weighted by molar-refractivity contribution is 7.92. The Balaban J connectivity index is 1.58. The van der Waals surface area contributed by atoms with E-state index in [-0.39, 0.29) is 58.2 Å². The topological polar surface area (TPSA) is 140 Å². The molecule has 240 valence electrons. The average molecular weight is 636 g/mol. The Labute approximate surface area is 264 Å². The van der Waals surface area contributed by atoms with E-state index in [1.165, 1.54) is 19.2 Å². The number of alkyl carbamates (subject to hydrolysis) is 1. The number of sulfonamides is 1. The van der Waals surface area contributed by atoms with Crippen LogP contribution in [0.4, 0.5) is 10.7 Å². The van der Waals surface area contributed by atoms with Gasteiger partial charge in [-0.3, -0.25) is 4.79 Å². The van der Waals surface area contributed by atoms with Crippen LogP contribution < -0.4 is 14.8 Å². The SMILES string of the molecule is COC(=O)NC1CC(CN2C(=O)c3cccc(c3)S(=O)(=O)Nc3nc(cc(-c4c(C)cccc4C)n3)OC[C@H]2CC(C)(C)C)C1. The zero-order chi connectivity index (χ0) is 32.5. The molecule has 1 fully saturated rings. The Morgan fingerprint density at radius 2 is 1.78 bits per heavy atom. The molecule has 3 aromatic rings. The lowest BCUT2D eigenvalue weighted by atomic mass is 9.79. The van der Waals surface area contributed by atoms with Crippen LogP contribution in [-0.2, 0) is 14.8 Å². The highest BCUT2D eigenvalue weighted by Crippen LogP contribution is 2.34. The van der Waals surface area contributed by atoms with Crippen LogP contribution in [0.3, 0.4) is 0 Å². The summed E-state index contributed by atoms with van der Waals surface area (Å²) in [5.41, 5.74) is 3.42. The van der Waals surface area contributed by atoms with E-state index in [0.29, 0.717) is 31.5 Å². The van der Waals surface area contributed by atoms with Crippen molar-refractivity contribution < 1.29 is 27.5 Å². The van der Waals surface area contributed by atoms with Crippen LogP contribution in [0.5, 0.6) is 5.88 Å². The third-order valence-electron chi connectivity index (χ3n) is 8.23. The molecule has 2 heterocycles. The zero-order valence-electron chi connectivity index (χ0n) is 26.6. The quantitative estimate of drug-likeness (QED) is 0.383. The van der Waals surface area contributed by atoms with Gasteiger partial charge in [-0.25, -0.2) is 22.9 Å². The number of benzene rings is 2. The van der Waals surface area contributed by atoms with Crippen LogP contribution in [0.25, 0.3) is 11.3 Å². The first-order valence-electron chi connectivity index (χ1n) is 15.1. The maximum atomic E-state index is 14.2. The Kier molecular flexibility index (Phi) is 9.06. The summed E-state index contributed by atoms with van der Waals surface area (Å²) in [6.45, 7) is 10.8. The molecule has 2 N–H and O–H groups in total. The minimum Gasteiger partial charge on any atom is -0.475 e. The van der Waals surface area contributed by atoms with Crippen molar-refractivity contribution in [1.29, 1.82) is 0 Å². The van der Waals surface area contributed by atoms with Gasteiger partial charge in [0.1, 0.15) is 6.61 Å². The predicted molar refractivity (Wildman–Crippen MR) is 171 cm³/mol. The van der Waals surface area contributed by atoms with E-state index in [1.54, 1.807) is 23.1 Å². The molecule has 0 saturated heterocycles. The first-order chi connectivity index (χ1) is 21.2. The molecule has 0 radical (unpaired) electrons. The second-order valence-corrected chi connectivity index (χ2v) is 14.9. The summed E-state index contributed by atoms with van der Waals surface area (Å²) in [5, 5.41) is 2.82. The van der Waals surface area contributed by atoms with Crippen molar-refractivity contribution in [3.05, 3.63) is 65.2 Å². The molecule has 2 amide bonds. The first-order valence-corrected chi connectivity index (χ1v) is 16.6. The number of amides is 2. The Morgan fingerprint density at radius 1 is 1.09 bits per heavy atom. The van der Waals surface area contributed by atoms with Gasteiger partial charge in [-0.05, 0) is 73.8 Å². The summed E-state index contributed by atoms with van der Waals surface area (Å²) in [6.07, 6.45) is 1.52. The van der Waals surface area contributed by atoms with E-state index in [4.69, 9.17) is 9.47 Å². The van der Waals surface area contributed by atoms with Crippen molar-refractivity contribution in [2.45, 2.75) is 70.9 Å². The predicted octanol–water partition coefficient (Wildman–Crippen LogP) is 5.34. The fraction of sp³-hybridized carbons (Fsp3) is 0.455. The molecule has 1 atom stereocenters. The van der Waals surface area contributed by atoms with Crippen LogP contribution in [0.15, 0.2) is 53.4 Å². The number of nitrogens with one attached hydrogen (secondary N) is 2. The maximum absolute atomic E-state index is 14.2. The molecule has 11 nitrogen and oxygen atoms in total. The van der Waals surface area contributed by atoms with Crippen LogP contribution in [-0.4, -0.2) is 67.6 Å². The van der Waals surface area contributed by atoms with Crippen LogP contribution in [0.2, 0.25) is 0 Å². The normalized spacial score (nSPS) is 21.2. The highest BCUT2D eigenvalue weighted by Gasteiger charge is 2.37. The lowest BCUT2D eigenvalue weighted by Crippen LogP contribution is -2.52. The lowest BCUT2D eigenvalue weighted by Gasteiger charge is -2.42. The van der Waals surface area contributed by atoms with Gasteiger partial charge in [-0.2, -0.15) is 4.98 Å². The molecule has 1 aliphatic carbocycles. The van der Waals surface area contributed by atoms with Crippen LogP contribution in [0, 0.1) is 25.2 Å². The molecule has 1 aliphatic heterocycles. The van der Waals surface area contributed by atoms with Crippen molar-refractivity contribution in [2.75, 3.05) is 25.0 Å². The van der Waals surface area contributed by atoms with Gasteiger partial charge in [0.15, 0.2) is 0 Å². The maximum Gasteiger partial charge on any atom is 0.407 e. The standard InChI is InChI=1S/C33H41N5O6S/c1-20-9-7-10-21(2)29(20)27-16-28-36-31(35-27)37-45(41,42)26-12-8-11-23(15-26)30(39)38(25(19-44-28)17-33(3,4)5)18-22-13-24(14-22)34-32(40)43-6/h7-12,15-16,22,24-25H,13-14,17-19H2,1-6H3,(H,34,40)(H,35,36,37)/t22?,24?,25-/m1/s1. The van der Waals surface area contributed by atoms with E-state index in [1.807, 2.05) is 32.0 Å². The lowest BCUT2D eigenvalue weighted by molar-refractivity contribution is 0.0400. The molecule has 0 spiro atoms. The molecule has 5 rings (SSSR count). The van der Waals surface area contributed by atoms with Crippen molar-refractivity contribution in [2.24, 2.45) is 11.3 Å². The second-order valence-electron chi connectivity index (χ2n) is 13.2. The fourth-order valence-electron chi connectivity index (χ4n) is 6.08. The van der Waals surface area contributed by atoms with Crippen molar-refractivity contribution >= 4 is 28.0 Å². The summed E-state index contributed by atoms with van der Waals surface area (Å²) < 4.78 is 40.7. The molecular weight excluding hydrogens is 594 g/mol. The summed E-state index contributed by atoms with van der Waals surface area (Å²) >= 11 is 0. The molecule has 0 unspecified atom stereocenters. The number of ether oxygens (including phenoxy) is 2. The van der Waals surface area contributed by atoms with Gasteiger partial charge in [-0.15, -0.1) is 0 Å². The van der Waals surface area contributed by atoms with Gasteiger partial charge in [0.2, 0.25) is 11.8 Å². The molecule has 1 saturated carbocycles. The number of hydrogen-bond acceptors (Lipinski definition) is 8. The highest BCUT2D eigenvalue weighted by atomic mass is 32.2. The van der Waals surface area contributed by atoms with Gasteiger partial charge < -0.3 is 19.7 Å². The van der Waals surface area contributed by atoms with Gasteiger partial charge in [0.25, 0.3) is 15.9 Å². The molecule has 2 aliphatic rings. The number of nitrogens with zero attached hydrogens (tertiary/aromatic N) is 3. The minimum absolute atomic E-state index is 0.0341.